The quantitative estimate of drug-likeness (QED) is 0.0395. The first-order valence-electron chi connectivity index (χ1n) is 19.3. The lowest BCUT2D eigenvalue weighted by Crippen LogP contribution is -2.25. The minimum absolute atomic E-state index is 0.000139. The number of nitriles is 2. The van der Waals surface area contributed by atoms with Crippen molar-refractivity contribution in [3.8, 4) is 12.1 Å². The Bertz CT molecular complexity index is 2180. The minimum Gasteiger partial charge on any atom is -0.493 e. The van der Waals surface area contributed by atoms with Gasteiger partial charge < -0.3 is 23.5 Å². The van der Waals surface area contributed by atoms with Gasteiger partial charge in [0.1, 0.15) is 29.3 Å². The molecule has 5 rings (SSSR count). The van der Waals surface area contributed by atoms with Crippen molar-refractivity contribution in [1.82, 2.24) is 0 Å². The minimum atomic E-state index is -0.903. The molecule has 0 N–H and O–H groups in total. The predicted molar refractivity (Wildman–Crippen MR) is 224 cm³/mol. The summed E-state index contributed by atoms with van der Waals surface area (Å²) >= 11 is 0. The summed E-state index contributed by atoms with van der Waals surface area (Å²) in [5.41, 5.74) is 2.77. The van der Waals surface area contributed by atoms with Crippen LogP contribution < -0.4 is 4.90 Å². The highest BCUT2D eigenvalue weighted by Gasteiger charge is 2.38. The molecule has 10 heteroatoms. The number of hydrogen-bond donors (Lipinski definition) is 0. The van der Waals surface area contributed by atoms with Crippen LogP contribution in [0, 0.1) is 29.2 Å². The Balaban J connectivity index is 1.16. The summed E-state index contributed by atoms with van der Waals surface area (Å²) in [5, 5.41) is 18.7. The molecule has 0 bridgehead atoms. The van der Waals surface area contributed by atoms with Crippen LogP contribution in [0.4, 0.5) is 5.69 Å². The Hall–Kier alpha value is -7.09. The van der Waals surface area contributed by atoms with E-state index in [-0.39, 0.29) is 29.0 Å². The van der Waals surface area contributed by atoms with Gasteiger partial charge in [0.05, 0.1) is 30.9 Å². The number of nitrogens with zero attached hydrogens (tertiary/aromatic N) is 4. The second kappa shape index (κ2) is 21.3. The molecular formula is C48H46N4O6. The average molecular weight is 775 g/mol. The molecular weight excluding hydrogens is 729 g/mol. The van der Waals surface area contributed by atoms with Gasteiger partial charge in [-0.25, -0.2) is 14.4 Å². The predicted octanol–water partition coefficient (Wildman–Crippen LogP) is 10.6. The first kappa shape index (κ1) is 42.1. The first-order chi connectivity index (χ1) is 28.2. The van der Waals surface area contributed by atoms with E-state index in [0.717, 1.165) is 62.9 Å². The number of allylic oxidation sites excluding steroid dienone is 1. The number of carbonyl (C=O) groups is 2. The zero-order chi connectivity index (χ0) is 41.2. The molecule has 0 fully saturated rings. The summed E-state index contributed by atoms with van der Waals surface area (Å²) in [6.45, 7) is 13.7. The Morgan fingerprint density at radius 2 is 1.22 bits per heavy atom. The largest absolute Gasteiger partial charge is 0.493 e. The summed E-state index contributed by atoms with van der Waals surface area (Å²) < 4.78 is 22.8. The molecule has 0 saturated carbocycles. The third-order valence-electron chi connectivity index (χ3n) is 9.43. The highest BCUT2D eigenvalue weighted by atomic mass is 16.5. The van der Waals surface area contributed by atoms with Gasteiger partial charge in [-0.05, 0) is 119 Å². The van der Waals surface area contributed by atoms with Gasteiger partial charge in [0.25, 0.3) is 0 Å². The second-order valence-corrected chi connectivity index (χ2v) is 14.0. The summed E-state index contributed by atoms with van der Waals surface area (Å²) in [5.74, 6) is 0.613. The van der Waals surface area contributed by atoms with Crippen molar-refractivity contribution < 1.29 is 28.2 Å². The Kier molecular flexibility index (Phi) is 15.4. The molecule has 4 aromatic rings. The monoisotopic (exact) mass is 774 g/mol. The molecule has 1 aromatic heterocycles. The number of furan rings is 1. The SMILES string of the molecule is [C-]#[N+]C1=C(/C=C/c2ccc(/C=C/c3ccc(N(CCCCCOC(=O)c4ccccc4)CCCCCOC(=O)c4ccccc4)cc3)o2)C(C)(C)OC1=C(C#N)C#N. The molecule has 1 aliphatic heterocycles. The van der Waals surface area contributed by atoms with Crippen LogP contribution in [0.1, 0.15) is 90.2 Å². The number of benzene rings is 3. The summed E-state index contributed by atoms with van der Waals surface area (Å²) in [6.07, 6.45) is 12.6. The molecule has 0 atom stereocenters. The first-order valence-corrected chi connectivity index (χ1v) is 19.3. The van der Waals surface area contributed by atoms with Gasteiger partial charge in [-0.1, -0.05) is 60.7 Å². The van der Waals surface area contributed by atoms with E-state index in [0.29, 0.717) is 41.4 Å². The van der Waals surface area contributed by atoms with E-state index in [1.807, 2.05) is 72.8 Å². The molecule has 3 aromatic carbocycles. The van der Waals surface area contributed by atoms with Crippen LogP contribution >= 0.6 is 0 Å². The maximum absolute atomic E-state index is 12.3. The fraction of sp³-hybridized carbons (Fsp3) is 0.271. The molecule has 1 aliphatic rings. The number of anilines is 1. The van der Waals surface area contributed by atoms with Crippen molar-refractivity contribution in [2.24, 2.45) is 0 Å². The molecule has 0 unspecified atom stereocenters. The maximum Gasteiger partial charge on any atom is 0.338 e. The molecule has 0 amide bonds. The lowest BCUT2D eigenvalue weighted by atomic mass is 9.97. The number of unbranched alkanes of at least 4 members (excludes halogenated alkanes) is 4. The van der Waals surface area contributed by atoms with E-state index in [2.05, 4.69) is 34.0 Å². The normalized spacial score (nSPS) is 13.1. The van der Waals surface area contributed by atoms with Crippen LogP contribution in [0.25, 0.3) is 23.1 Å². The van der Waals surface area contributed by atoms with Crippen LogP contribution in [-0.2, 0) is 14.2 Å². The van der Waals surface area contributed by atoms with Gasteiger partial charge in [0, 0.05) is 24.4 Å². The van der Waals surface area contributed by atoms with Crippen molar-refractivity contribution in [2.45, 2.75) is 58.0 Å². The molecule has 10 nitrogen and oxygen atoms in total. The standard InChI is InChI=1S/C48H46N4O6/c1-48(2)43(44(51-3)45(58-48)39(34-49)35-50)29-28-42-27-26-41(57-42)25-22-36-20-23-40(24-21-36)52(30-12-6-14-32-55-46(53)37-16-8-4-9-17-37)31-13-7-15-33-56-47(54)38-18-10-5-11-19-38/h4-5,8-11,16-29H,6-7,12-15,30-33H2,1-2H3/b25-22+,29-28+. The van der Waals surface area contributed by atoms with Crippen LogP contribution in [0.15, 0.2) is 130 Å². The van der Waals surface area contributed by atoms with E-state index in [4.69, 9.17) is 25.2 Å². The number of ether oxygens (including phenoxy) is 3. The number of carbonyl (C=O) groups excluding carboxylic acids is 2. The highest BCUT2D eigenvalue weighted by Crippen LogP contribution is 2.41. The van der Waals surface area contributed by atoms with Crippen molar-refractivity contribution in [1.29, 1.82) is 10.5 Å². The number of hydrogen-bond acceptors (Lipinski definition) is 9. The van der Waals surface area contributed by atoms with E-state index < -0.39 is 5.60 Å². The Labute approximate surface area is 340 Å². The third kappa shape index (κ3) is 12.0. The fourth-order valence-electron chi connectivity index (χ4n) is 6.32. The Morgan fingerprint density at radius 3 is 1.72 bits per heavy atom. The highest BCUT2D eigenvalue weighted by molar-refractivity contribution is 5.89. The maximum atomic E-state index is 12.3. The molecule has 2 heterocycles. The molecule has 58 heavy (non-hydrogen) atoms. The lowest BCUT2D eigenvalue weighted by molar-refractivity contribution is 0.0489. The summed E-state index contributed by atoms with van der Waals surface area (Å²) in [6, 6.07) is 33.7. The van der Waals surface area contributed by atoms with E-state index in [1.165, 1.54) is 0 Å². The van der Waals surface area contributed by atoms with Gasteiger partial charge in [-0.15, -0.1) is 0 Å². The second-order valence-electron chi connectivity index (χ2n) is 14.0. The molecule has 0 saturated heterocycles. The summed E-state index contributed by atoms with van der Waals surface area (Å²) in [7, 11) is 0. The topological polar surface area (TPSA) is 130 Å². The fourth-order valence-corrected chi connectivity index (χ4v) is 6.32. The number of esters is 2. The van der Waals surface area contributed by atoms with Crippen LogP contribution in [0.2, 0.25) is 0 Å². The van der Waals surface area contributed by atoms with Crippen LogP contribution in [0.3, 0.4) is 0 Å². The van der Waals surface area contributed by atoms with Gasteiger partial charge in [-0.3, -0.25) is 0 Å². The Morgan fingerprint density at radius 1 is 0.707 bits per heavy atom. The lowest BCUT2D eigenvalue weighted by Gasteiger charge is -2.25. The van der Waals surface area contributed by atoms with Crippen molar-refractivity contribution >= 4 is 35.9 Å². The van der Waals surface area contributed by atoms with E-state index in [9.17, 15) is 20.1 Å². The summed E-state index contributed by atoms with van der Waals surface area (Å²) in [4.78, 5) is 30.5. The van der Waals surface area contributed by atoms with Crippen LogP contribution in [0.5, 0.6) is 0 Å². The number of rotatable bonds is 19. The zero-order valence-electron chi connectivity index (χ0n) is 32.9. The van der Waals surface area contributed by atoms with Gasteiger partial charge >= 0.3 is 11.9 Å². The smallest absolute Gasteiger partial charge is 0.338 e. The van der Waals surface area contributed by atoms with Crippen molar-refractivity contribution in [3.63, 3.8) is 0 Å². The van der Waals surface area contributed by atoms with Crippen molar-refractivity contribution in [3.05, 3.63) is 165 Å². The van der Waals surface area contributed by atoms with Gasteiger partial charge in [-0.2, -0.15) is 10.5 Å². The average Bonchev–Trinajstić information content (AvgIpc) is 3.81. The zero-order valence-corrected chi connectivity index (χ0v) is 32.9. The molecule has 0 spiro atoms. The molecule has 0 aliphatic carbocycles. The third-order valence-corrected chi connectivity index (χ3v) is 9.43. The van der Waals surface area contributed by atoms with Gasteiger partial charge in [0.2, 0.25) is 5.70 Å². The molecule has 294 valence electrons. The van der Waals surface area contributed by atoms with Gasteiger partial charge in [0.15, 0.2) is 11.3 Å². The van der Waals surface area contributed by atoms with E-state index in [1.54, 1.807) is 50.3 Å². The van der Waals surface area contributed by atoms with Crippen LogP contribution in [-0.4, -0.2) is 43.8 Å². The molecule has 0 radical (unpaired) electrons. The van der Waals surface area contributed by atoms with Crippen molar-refractivity contribution in [2.75, 3.05) is 31.2 Å². The van der Waals surface area contributed by atoms with E-state index >= 15 is 0 Å².